The molecule has 0 saturated carbocycles. The summed E-state index contributed by atoms with van der Waals surface area (Å²) in [5, 5.41) is 14.9. The molecular weight excluding hydrogens is 388 g/mol. The average molecular weight is 404 g/mol. The minimum Gasteiger partial charge on any atom is -0.380 e. The maximum atomic E-state index is 10.6. The SMILES string of the molecule is CN(C)CCn1ncc(Br)c1C(O)c1ncccc1Br. The minimum atomic E-state index is -0.829. The lowest BCUT2D eigenvalue weighted by Crippen LogP contribution is -2.21. The molecule has 7 heteroatoms. The molecule has 0 aliphatic carbocycles. The molecule has 0 saturated heterocycles. The third kappa shape index (κ3) is 3.46. The Balaban J connectivity index is 2.32. The first-order valence-electron chi connectivity index (χ1n) is 6.15. The molecule has 108 valence electrons. The Bertz CT molecular complexity index is 586. The molecule has 0 aliphatic rings. The summed E-state index contributed by atoms with van der Waals surface area (Å²) in [6.45, 7) is 1.55. The van der Waals surface area contributed by atoms with Crippen LogP contribution in [0.25, 0.3) is 0 Å². The molecule has 1 N–H and O–H groups in total. The fourth-order valence-corrected chi connectivity index (χ4v) is 2.83. The Hall–Kier alpha value is -0.760. The van der Waals surface area contributed by atoms with E-state index in [0.717, 1.165) is 15.5 Å². The van der Waals surface area contributed by atoms with Crippen molar-refractivity contribution in [3.63, 3.8) is 0 Å². The number of nitrogens with zero attached hydrogens (tertiary/aromatic N) is 4. The van der Waals surface area contributed by atoms with Crippen LogP contribution < -0.4 is 0 Å². The van der Waals surface area contributed by atoms with Crippen LogP contribution in [0.3, 0.4) is 0 Å². The van der Waals surface area contributed by atoms with Crippen LogP contribution in [0.1, 0.15) is 17.5 Å². The molecule has 0 radical (unpaired) electrons. The molecule has 20 heavy (non-hydrogen) atoms. The second kappa shape index (κ2) is 6.80. The smallest absolute Gasteiger partial charge is 0.140 e. The van der Waals surface area contributed by atoms with Gasteiger partial charge >= 0.3 is 0 Å². The monoisotopic (exact) mass is 402 g/mol. The van der Waals surface area contributed by atoms with Gasteiger partial charge in [0.05, 0.1) is 28.6 Å². The van der Waals surface area contributed by atoms with Gasteiger partial charge in [-0.05, 0) is 58.1 Å². The molecule has 2 heterocycles. The van der Waals surface area contributed by atoms with E-state index in [-0.39, 0.29) is 0 Å². The number of aliphatic hydroxyl groups is 1. The molecular formula is C13H16Br2N4O. The molecule has 2 aromatic heterocycles. The number of aliphatic hydroxyl groups excluding tert-OH is 1. The van der Waals surface area contributed by atoms with Crippen LogP contribution in [-0.2, 0) is 6.54 Å². The number of rotatable bonds is 5. The molecule has 2 rings (SSSR count). The van der Waals surface area contributed by atoms with Crippen molar-refractivity contribution in [1.82, 2.24) is 19.7 Å². The summed E-state index contributed by atoms with van der Waals surface area (Å²) in [6.07, 6.45) is 2.53. The van der Waals surface area contributed by atoms with Crippen molar-refractivity contribution in [1.29, 1.82) is 0 Å². The van der Waals surface area contributed by atoms with Gasteiger partial charge in [0, 0.05) is 17.2 Å². The molecule has 0 aromatic carbocycles. The van der Waals surface area contributed by atoms with Crippen molar-refractivity contribution < 1.29 is 5.11 Å². The summed E-state index contributed by atoms with van der Waals surface area (Å²) in [4.78, 5) is 6.31. The van der Waals surface area contributed by atoms with Gasteiger partial charge in [0.1, 0.15) is 6.10 Å². The Morgan fingerprint density at radius 2 is 2.10 bits per heavy atom. The molecule has 2 aromatic rings. The van der Waals surface area contributed by atoms with Gasteiger partial charge in [-0.15, -0.1) is 0 Å². The molecule has 0 amide bonds. The number of halogens is 2. The zero-order chi connectivity index (χ0) is 14.7. The standard InChI is InChI=1S/C13H16Br2N4O/c1-18(2)6-7-19-12(10(15)8-17-19)13(20)11-9(14)4-3-5-16-11/h3-5,8,13,20H,6-7H2,1-2H3. The molecule has 1 atom stereocenters. The van der Waals surface area contributed by atoms with Crippen molar-refractivity contribution in [2.45, 2.75) is 12.6 Å². The third-order valence-electron chi connectivity index (χ3n) is 2.90. The third-order valence-corrected chi connectivity index (χ3v) is 4.18. The van der Waals surface area contributed by atoms with Crippen LogP contribution in [0.2, 0.25) is 0 Å². The summed E-state index contributed by atoms with van der Waals surface area (Å²) in [5.41, 5.74) is 1.30. The van der Waals surface area contributed by atoms with Crippen LogP contribution in [0.5, 0.6) is 0 Å². The highest BCUT2D eigenvalue weighted by molar-refractivity contribution is 9.10. The van der Waals surface area contributed by atoms with Gasteiger partial charge in [-0.1, -0.05) is 0 Å². The number of aromatic nitrogens is 3. The van der Waals surface area contributed by atoms with E-state index in [1.54, 1.807) is 17.1 Å². The number of likely N-dealkylation sites (N-methyl/N-ethyl adjacent to an activating group) is 1. The lowest BCUT2D eigenvalue weighted by molar-refractivity contribution is 0.199. The zero-order valence-electron chi connectivity index (χ0n) is 11.3. The number of hydrogen-bond donors (Lipinski definition) is 1. The highest BCUT2D eigenvalue weighted by Gasteiger charge is 2.22. The lowest BCUT2D eigenvalue weighted by atomic mass is 10.1. The quantitative estimate of drug-likeness (QED) is 0.832. The average Bonchev–Trinajstić information content (AvgIpc) is 2.77. The first kappa shape index (κ1) is 15.6. The minimum absolute atomic E-state index is 0.583. The van der Waals surface area contributed by atoms with E-state index in [9.17, 15) is 5.11 Å². The summed E-state index contributed by atoms with van der Waals surface area (Å²) in [5.74, 6) is 0. The van der Waals surface area contributed by atoms with E-state index in [1.165, 1.54) is 0 Å². The number of hydrogen-bond acceptors (Lipinski definition) is 4. The van der Waals surface area contributed by atoms with E-state index in [1.807, 2.05) is 26.2 Å². The van der Waals surface area contributed by atoms with Gasteiger partial charge in [-0.2, -0.15) is 5.10 Å². The Morgan fingerprint density at radius 3 is 2.75 bits per heavy atom. The van der Waals surface area contributed by atoms with Crippen LogP contribution in [-0.4, -0.2) is 45.4 Å². The number of pyridine rings is 1. The fraction of sp³-hybridized carbons (Fsp3) is 0.385. The maximum Gasteiger partial charge on any atom is 0.140 e. The first-order valence-corrected chi connectivity index (χ1v) is 7.73. The second-order valence-corrected chi connectivity index (χ2v) is 6.39. The predicted molar refractivity (Wildman–Crippen MR) is 84.5 cm³/mol. The van der Waals surface area contributed by atoms with Gasteiger partial charge in [0.2, 0.25) is 0 Å². The fourth-order valence-electron chi connectivity index (χ4n) is 1.85. The molecule has 0 aliphatic heterocycles. The zero-order valence-corrected chi connectivity index (χ0v) is 14.5. The molecule has 1 unspecified atom stereocenters. The molecule has 5 nitrogen and oxygen atoms in total. The van der Waals surface area contributed by atoms with Gasteiger partial charge in [0.15, 0.2) is 0 Å². The predicted octanol–water partition coefficient (Wildman–Crippen LogP) is 2.45. The van der Waals surface area contributed by atoms with Crippen molar-refractivity contribution in [2.24, 2.45) is 0 Å². The van der Waals surface area contributed by atoms with Crippen LogP contribution in [0, 0.1) is 0 Å². The Labute approximate surface area is 134 Å². The van der Waals surface area contributed by atoms with E-state index in [0.29, 0.717) is 17.9 Å². The second-order valence-electron chi connectivity index (χ2n) is 4.68. The van der Waals surface area contributed by atoms with Crippen molar-refractivity contribution >= 4 is 31.9 Å². The highest BCUT2D eigenvalue weighted by Crippen LogP contribution is 2.31. The molecule has 0 bridgehead atoms. The maximum absolute atomic E-state index is 10.6. The van der Waals surface area contributed by atoms with Crippen molar-refractivity contribution in [3.05, 3.63) is 44.9 Å². The van der Waals surface area contributed by atoms with Gasteiger partial charge in [-0.3, -0.25) is 9.67 Å². The summed E-state index contributed by atoms with van der Waals surface area (Å²) < 4.78 is 3.36. The Kier molecular flexibility index (Phi) is 5.31. The van der Waals surface area contributed by atoms with E-state index < -0.39 is 6.10 Å². The summed E-state index contributed by atoms with van der Waals surface area (Å²) >= 11 is 6.86. The van der Waals surface area contributed by atoms with E-state index in [4.69, 9.17) is 0 Å². The van der Waals surface area contributed by atoms with Gasteiger partial charge < -0.3 is 10.0 Å². The normalized spacial score (nSPS) is 12.9. The van der Waals surface area contributed by atoms with Crippen LogP contribution >= 0.6 is 31.9 Å². The highest BCUT2D eigenvalue weighted by atomic mass is 79.9. The van der Waals surface area contributed by atoms with Gasteiger partial charge in [0.25, 0.3) is 0 Å². The summed E-state index contributed by atoms with van der Waals surface area (Å²) in [6, 6.07) is 3.68. The Morgan fingerprint density at radius 1 is 1.35 bits per heavy atom. The van der Waals surface area contributed by atoms with Crippen LogP contribution in [0.15, 0.2) is 33.5 Å². The first-order chi connectivity index (χ1) is 9.50. The largest absolute Gasteiger partial charge is 0.380 e. The topological polar surface area (TPSA) is 54.2 Å². The van der Waals surface area contributed by atoms with E-state index >= 15 is 0 Å². The van der Waals surface area contributed by atoms with E-state index in [2.05, 4.69) is 46.8 Å². The lowest BCUT2D eigenvalue weighted by Gasteiger charge is -2.16. The summed E-state index contributed by atoms with van der Waals surface area (Å²) in [7, 11) is 4.01. The molecule has 0 fully saturated rings. The van der Waals surface area contributed by atoms with Crippen LogP contribution in [0.4, 0.5) is 0 Å². The van der Waals surface area contributed by atoms with Crippen molar-refractivity contribution in [2.75, 3.05) is 20.6 Å². The molecule has 0 spiro atoms. The van der Waals surface area contributed by atoms with Gasteiger partial charge in [-0.25, -0.2) is 0 Å². The van der Waals surface area contributed by atoms with Crippen molar-refractivity contribution in [3.8, 4) is 0 Å².